The van der Waals surface area contributed by atoms with Crippen molar-refractivity contribution in [1.29, 1.82) is 0 Å². The normalized spacial score (nSPS) is 11.7. The number of halogens is 3. The minimum Gasteiger partial charge on any atom is -0.399 e. The predicted octanol–water partition coefficient (Wildman–Crippen LogP) is 4.96. The third kappa shape index (κ3) is 4.45. The van der Waals surface area contributed by atoms with Crippen molar-refractivity contribution in [2.75, 3.05) is 17.6 Å². The van der Waals surface area contributed by atoms with Crippen molar-refractivity contribution in [3.63, 3.8) is 0 Å². The Morgan fingerprint density at radius 1 is 1.06 bits per heavy atom. The second-order valence-electron chi connectivity index (χ2n) is 7.19. The third-order valence-electron chi connectivity index (χ3n) is 4.79. The van der Waals surface area contributed by atoms with Crippen LogP contribution in [0.15, 0.2) is 54.9 Å². The molecule has 0 aliphatic heterocycles. The van der Waals surface area contributed by atoms with E-state index in [1.807, 2.05) is 19.1 Å². The first-order valence-corrected chi connectivity index (χ1v) is 9.84. The van der Waals surface area contributed by atoms with Crippen LogP contribution in [0.4, 0.5) is 24.7 Å². The number of imidazole rings is 1. The van der Waals surface area contributed by atoms with Gasteiger partial charge in [0.05, 0.1) is 18.4 Å². The molecule has 0 amide bonds. The van der Waals surface area contributed by atoms with E-state index in [0.717, 1.165) is 24.1 Å². The Bertz CT molecular complexity index is 1200. The highest BCUT2D eigenvalue weighted by Gasteiger charge is 2.30. The quantitative estimate of drug-likeness (QED) is 0.426. The van der Waals surface area contributed by atoms with Gasteiger partial charge in [0.2, 0.25) is 0 Å². The Labute approximate surface area is 177 Å². The zero-order valence-electron chi connectivity index (χ0n) is 16.8. The Morgan fingerprint density at radius 3 is 2.52 bits per heavy atom. The van der Waals surface area contributed by atoms with E-state index >= 15 is 0 Å². The standard InChI is InChI=1S/C22H21F3N6/c1-2-10-27-20-18-21(30-19(29-20)15-4-3-5-17(26)11-15)31(13-28-18)12-14-6-8-16(9-7-14)22(23,24)25/h3-9,11,13H,2,10,12,26H2,1H3,(H,27,29,30). The molecule has 0 aliphatic rings. The van der Waals surface area contributed by atoms with Gasteiger partial charge in [0, 0.05) is 17.8 Å². The lowest BCUT2D eigenvalue weighted by Crippen LogP contribution is -2.07. The Kier molecular flexibility index (Phi) is 5.50. The Morgan fingerprint density at radius 2 is 1.84 bits per heavy atom. The smallest absolute Gasteiger partial charge is 0.399 e. The number of nitrogens with one attached hydrogen (secondary N) is 1. The molecule has 0 aliphatic carbocycles. The maximum absolute atomic E-state index is 12.8. The van der Waals surface area contributed by atoms with Crippen LogP contribution in [0, 0.1) is 0 Å². The van der Waals surface area contributed by atoms with Gasteiger partial charge in [0.25, 0.3) is 0 Å². The number of rotatable bonds is 6. The molecule has 0 unspecified atom stereocenters. The molecule has 160 valence electrons. The molecule has 2 aromatic heterocycles. The Hall–Kier alpha value is -3.62. The van der Waals surface area contributed by atoms with Crippen molar-refractivity contribution < 1.29 is 13.2 Å². The molecule has 0 bridgehead atoms. The van der Waals surface area contributed by atoms with Gasteiger partial charge < -0.3 is 15.6 Å². The van der Waals surface area contributed by atoms with Gasteiger partial charge >= 0.3 is 6.18 Å². The monoisotopic (exact) mass is 426 g/mol. The van der Waals surface area contributed by atoms with E-state index in [1.165, 1.54) is 12.1 Å². The lowest BCUT2D eigenvalue weighted by atomic mass is 10.1. The molecular formula is C22H21F3N6. The van der Waals surface area contributed by atoms with E-state index in [-0.39, 0.29) is 0 Å². The maximum Gasteiger partial charge on any atom is 0.416 e. The van der Waals surface area contributed by atoms with E-state index in [9.17, 15) is 13.2 Å². The third-order valence-corrected chi connectivity index (χ3v) is 4.79. The van der Waals surface area contributed by atoms with Crippen molar-refractivity contribution in [3.8, 4) is 11.4 Å². The van der Waals surface area contributed by atoms with Gasteiger partial charge in [-0.05, 0) is 36.2 Å². The number of nitrogens with two attached hydrogens (primary N) is 1. The summed E-state index contributed by atoms with van der Waals surface area (Å²) in [6, 6.07) is 12.4. The Balaban J connectivity index is 1.75. The van der Waals surface area contributed by atoms with Crippen LogP contribution in [0.2, 0.25) is 0 Å². The van der Waals surface area contributed by atoms with Gasteiger partial charge in [-0.25, -0.2) is 15.0 Å². The summed E-state index contributed by atoms with van der Waals surface area (Å²) in [4.78, 5) is 13.8. The van der Waals surface area contributed by atoms with Crippen molar-refractivity contribution >= 4 is 22.7 Å². The number of anilines is 2. The van der Waals surface area contributed by atoms with E-state index in [4.69, 9.17) is 5.73 Å². The number of nitrogen functional groups attached to an aromatic ring is 1. The molecule has 0 radical (unpaired) electrons. The summed E-state index contributed by atoms with van der Waals surface area (Å²) in [6.45, 7) is 3.09. The van der Waals surface area contributed by atoms with Crippen LogP contribution in [-0.4, -0.2) is 26.1 Å². The molecule has 2 aromatic carbocycles. The molecular weight excluding hydrogens is 405 g/mol. The van der Waals surface area contributed by atoms with E-state index in [1.54, 1.807) is 23.0 Å². The average Bonchev–Trinajstić information content (AvgIpc) is 3.14. The molecule has 31 heavy (non-hydrogen) atoms. The number of hydrogen-bond donors (Lipinski definition) is 2. The molecule has 0 spiro atoms. The number of nitrogens with zero attached hydrogens (tertiary/aromatic N) is 4. The van der Waals surface area contributed by atoms with Crippen LogP contribution in [0.25, 0.3) is 22.6 Å². The van der Waals surface area contributed by atoms with Gasteiger partial charge in [-0.2, -0.15) is 13.2 Å². The molecule has 2 heterocycles. The molecule has 0 saturated heterocycles. The highest BCUT2D eigenvalue weighted by molar-refractivity contribution is 5.85. The fourth-order valence-electron chi connectivity index (χ4n) is 3.23. The highest BCUT2D eigenvalue weighted by Crippen LogP contribution is 2.30. The fourth-order valence-corrected chi connectivity index (χ4v) is 3.23. The average molecular weight is 426 g/mol. The molecule has 0 atom stereocenters. The minimum absolute atomic E-state index is 0.329. The fraction of sp³-hybridized carbons (Fsp3) is 0.227. The van der Waals surface area contributed by atoms with Crippen LogP contribution in [0.1, 0.15) is 24.5 Å². The summed E-state index contributed by atoms with van der Waals surface area (Å²) in [5.41, 5.74) is 8.50. The number of hydrogen-bond acceptors (Lipinski definition) is 5. The summed E-state index contributed by atoms with van der Waals surface area (Å²) in [6.07, 6.45) is -1.83. The first kappa shape index (κ1) is 20.6. The lowest BCUT2D eigenvalue weighted by Gasteiger charge is -2.10. The van der Waals surface area contributed by atoms with Crippen LogP contribution in [0.5, 0.6) is 0 Å². The number of fused-ring (bicyclic) bond motifs is 1. The van der Waals surface area contributed by atoms with Gasteiger partial charge in [-0.1, -0.05) is 31.2 Å². The van der Waals surface area contributed by atoms with E-state index < -0.39 is 11.7 Å². The van der Waals surface area contributed by atoms with Gasteiger partial charge in [-0.15, -0.1) is 0 Å². The van der Waals surface area contributed by atoms with E-state index in [0.29, 0.717) is 47.1 Å². The summed E-state index contributed by atoms with van der Waals surface area (Å²) >= 11 is 0. The molecule has 6 nitrogen and oxygen atoms in total. The second-order valence-corrected chi connectivity index (χ2v) is 7.19. The van der Waals surface area contributed by atoms with Gasteiger partial charge in [0.1, 0.15) is 5.52 Å². The minimum atomic E-state index is -4.36. The molecule has 0 fully saturated rings. The number of alkyl halides is 3. The molecule has 0 saturated carbocycles. The lowest BCUT2D eigenvalue weighted by molar-refractivity contribution is -0.137. The SMILES string of the molecule is CCCNc1nc(-c2cccc(N)c2)nc2c1ncn2Cc1ccc(C(F)(F)F)cc1. The summed E-state index contributed by atoms with van der Waals surface area (Å²) < 4.78 is 40.3. The largest absolute Gasteiger partial charge is 0.416 e. The molecule has 4 rings (SSSR count). The molecule has 3 N–H and O–H groups in total. The van der Waals surface area contributed by atoms with Crippen molar-refractivity contribution in [2.45, 2.75) is 26.1 Å². The van der Waals surface area contributed by atoms with Gasteiger partial charge in [-0.3, -0.25) is 0 Å². The molecule has 4 aromatic rings. The maximum atomic E-state index is 12.8. The zero-order valence-corrected chi connectivity index (χ0v) is 16.8. The highest BCUT2D eigenvalue weighted by atomic mass is 19.4. The topological polar surface area (TPSA) is 81.7 Å². The first-order chi connectivity index (χ1) is 14.8. The summed E-state index contributed by atoms with van der Waals surface area (Å²) in [5, 5.41) is 3.28. The number of benzene rings is 2. The van der Waals surface area contributed by atoms with Crippen LogP contribution in [-0.2, 0) is 12.7 Å². The predicted molar refractivity (Wildman–Crippen MR) is 114 cm³/mol. The van der Waals surface area contributed by atoms with Crippen molar-refractivity contribution in [3.05, 3.63) is 66.0 Å². The van der Waals surface area contributed by atoms with Crippen LogP contribution >= 0.6 is 0 Å². The second kappa shape index (κ2) is 8.25. The van der Waals surface area contributed by atoms with E-state index in [2.05, 4.69) is 20.3 Å². The zero-order chi connectivity index (χ0) is 22.0. The van der Waals surface area contributed by atoms with Gasteiger partial charge in [0.15, 0.2) is 17.3 Å². The first-order valence-electron chi connectivity index (χ1n) is 9.84. The van der Waals surface area contributed by atoms with Crippen molar-refractivity contribution in [2.24, 2.45) is 0 Å². The summed E-state index contributed by atoms with van der Waals surface area (Å²) in [5.74, 6) is 1.10. The summed E-state index contributed by atoms with van der Waals surface area (Å²) in [7, 11) is 0. The van der Waals surface area contributed by atoms with Crippen LogP contribution in [0.3, 0.4) is 0 Å². The van der Waals surface area contributed by atoms with Crippen LogP contribution < -0.4 is 11.1 Å². The van der Waals surface area contributed by atoms with Crippen molar-refractivity contribution in [1.82, 2.24) is 19.5 Å². The molecule has 9 heteroatoms. The number of aromatic nitrogens is 4.